The second-order valence-corrected chi connectivity index (χ2v) is 4.64. The number of nitrogens with two attached hydrogens (primary N) is 1. The summed E-state index contributed by atoms with van der Waals surface area (Å²) in [4.78, 5) is 2.62. The van der Waals surface area contributed by atoms with Crippen molar-refractivity contribution in [1.29, 1.82) is 0 Å². The van der Waals surface area contributed by atoms with Crippen LogP contribution in [0.1, 0.15) is 46.5 Å². The van der Waals surface area contributed by atoms with Crippen molar-refractivity contribution in [3.8, 4) is 0 Å². The second-order valence-electron chi connectivity index (χ2n) is 4.64. The lowest BCUT2D eigenvalue weighted by atomic mass is 9.99. The third-order valence-corrected chi connectivity index (χ3v) is 3.13. The van der Waals surface area contributed by atoms with Crippen molar-refractivity contribution in [3.63, 3.8) is 0 Å². The van der Waals surface area contributed by atoms with Crippen molar-refractivity contribution in [2.75, 3.05) is 6.54 Å². The van der Waals surface area contributed by atoms with Gasteiger partial charge in [0.05, 0.1) is 0 Å². The third kappa shape index (κ3) is 3.28. The molecule has 1 saturated heterocycles. The predicted molar refractivity (Wildman–Crippen MR) is 57.7 cm³/mol. The molecule has 0 aliphatic carbocycles. The summed E-state index contributed by atoms with van der Waals surface area (Å²) < 4.78 is 0. The molecule has 78 valence electrons. The van der Waals surface area contributed by atoms with Gasteiger partial charge in [-0.3, -0.25) is 4.90 Å². The molecule has 1 aliphatic rings. The summed E-state index contributed by atoms with van der Waals surface area (Å²) >= 11 is 0. The fraction of sp³-hybridized carbons (Fsp3) is 1.00. The van der Waals surface area contributed by atoms with Gasteiger partial charge in [0.2, 0.25) is 0 Å². The Hall–Kier alpha value is -0.0800. The van der Waals surface area contributed by atoms with E-state index in [9.17, 15) is 0 Å². The molecule has 3 unspecified atom stereocenters. The monoisotopic (exact) mass is 184 g/mol. The number of hydrogen-bond donors (Lipinski definition) is 1. The molecular formula is C11H24N2. The summed E-state index contributed by atoms with van der Waals surface area (Å²) in [5, 5.41) is 0. The summed E-state index contributed by atoms with van der Waals surface area (Å²) in [6.07, 6.45) is 5.27. The second kappa shape index (κ2) is 4.97. The van der Waals surface area contributed by atoms with Crippen LogP contribution in [0.15, 0.2) is 0 Å². The largest absolute Gasteiger partial charge is 0.328 e. The molecule has 13 heavy (non-hydrogen) atoms. The van der Waals surface area contributed by atoms with Gasteiger partial charge in [0.25, 0.3) is 0 Å². The fourth-order valence-corrected chi connectivity index (χ4v) is 2.45. The van der Waals surface area contributed by atoms with Gasteiger partial charge in [-0.1, -0.05) is 6.42 Å². The quantitative estimate of drug-likeness (QED) is 0.727. The van der Waals surface area contributed by atoms with Crippen molar-refractivity contribution < 1.29 is 0 Å². The molecule has 0 aromatic carbocycles. The molecule has 0 saturated carbocycles. The maximum absolute atomic E-state index is 5.82. The lowest BCUT2D eigenvalue weighted by molar-refractivity contribution is 0.106. The summed E-state index contributed by atoms with van der Waals surface area (Å²) in [6, 6.07) is 1.77. The van der Waals surface area contributed by atoms with E-state index in [1.165, 1.54) is 25.8 Å². The molecule has 0 amide bonds. The molecule has 0 aromatic heterocycles. The topological polar surface area (TPSA) is 29.3 Å². The van der Waals surface area contributed by atoms with E-state index in [1.54, 1.807) is 0 Å². The average Bonchev–Trinajstić information content (AvgIpc) is 2.03. The Morgan fingerprint density at radius 1 is 1.38 bits per heavy atom. The fourth-order valence-electron chi connectivity index (χ4n) is 2.45. The predicted octanol–water partition coefficient (Wildman–Crippen LogP) is 1.99. The number of nitrogens with zero attached hydrogens (tertiary/aromatic N) is 1. The summed E-state index contributed by atoms with van der Waals surface area (Å²) in [7, 11) is 0. The van der Waals surface area contributed by atoms with Gasteiger partial charge >= 0.3 is 0 Å². The molecule has 1 heterocycles. The maximum atomic E-state index is 5.82. The maximum Gasteiger partial charge on any atom is 0.00843 e. The van der Waals surface area contributed by atoms with Gasteiger partial charge in [-0.2, -0.15) is 0 Å². The van der Waals surface area contributed by atoms with Crippen molar-refractivity contribution in [3.05, 3.63) is 0 Å². The molecule has 1 aliphatic heterocycles. The van der Waals surface area contributed by atoms with E-state index in [0.29, 0.717) is 12.1 Å². The normalized spacial score (nSPS) is 30.0. The number of piperidine rings is 1. The summed E-state index contributed by atoms with van der Waals surface area (Å²) in [5.41, 5.74) is 5.82. The number of hydrogen-bond acceptors (Lipinski definition) is 2. The third-order valence-electron chi connectivity index (χ3n) is 3.13. The van der Waals surface area contributed by atoms with Crippen LogP contribution in [0.2, 0.25) is 0 Å². The molecule has 2 heteroatoms. The molecule has 0 aromatic rings. The van der Waals surface area contributed by atoms with E-state index < -0.39 is 0 Å². The van der Waals surface area contributed by atoms with Crippen LogP contribution in [0.25, 0.3) is 0 Å². The first kappa shape index (κ1) is 11.0. The minimum absolute atomic E-state index is 0.337. The van der Waals surface area contributed by atoms with Gasteiger partial charge < -0.3 is 5.73 Å². The van der Waals surface area contributed by atoms with Crippen molar-refractivity contribution in [2.24, 2.45) is 5.73 Å². The van der Waals surface area contributed by atoms with Gasteiger partial charge in [-0.15, -0.1) is 0 Å². The van der Waals surface area contributed by atoms with E-state index in [2.05, 4.69) is 25.7 Å². The zero-order valence-electron chi connectivity index (χ0n) is 9.29. The smallest absolute Gasteiger partial charge is 0.00843 e. The van der Waals surface area contributed by atoms with E-state index in [-0.39, 0.29) is 0 Å². The van der Waals surface area contributed by atoms with Crippen LogP contribution < -0.4 is 5.73 Å². The molecular weight excluding hydrogens is 160 g/mol. The average molecular weight is 184 g/mol. The standard InChI is InChI=1S/C11H24N2/c1-9(12)8-11(3)13-7-5-4-6-10(13)2/h9-11H,4-8,12H2,1-3H3. The van der Waals surface area contributed by atoms with Crippen LogP contribution in [0.4, 0.5) is 0 Å². The Kier molecular flexibility index (Phi) is 4.20. The minimum atomic E-state index is 0.337. The first-order chi connectivity index (χ1) is 6.11. The van der Waals surface area contributed by atoms with E-state index in [0.717, 1.165) is 12.5 Å². The zero-order chi connectivity index (χ0) is 9.84. The Morgan fingerprint density at radius 2 is 2.08 bits per heavy atom. The van der Waals surface area contributed by atoms with Gasteiger partial charge in [0.1, 0.15) is 0 Å². The molecule has 0 radical (unpaired) electrons. The van der Waals surface area contributed by atoms with Crippen LogP contribution in [0.3, 0.4) is 0 Å². The van der Waals surface area contributed by atoms with Crippen LogP contribution in [0.5, 0.6) is 0 Å². The molecule has 3 atom stereocenters. The first-order valence-electron chi connectivity index (χ1n) is 5.62. The van der Waals surface area contributed by atoms with Gasteiger partial charge in [0, 0.05) is 18.1 Å². The van der Waals surface area contributed by atoms with Gasteiger partial charge in [0.15, 0.2) is 0 Å². The molecule has 1 rings (SSSR count). The summed E-state index contributed by atoms with van der Waals surface area (Å²) in [6.45, 7) is 8.03. The Balaban J connectivity index is 2.39. The molecule has 2 nitrogen and oxygen atoms in total. The van der Waals surface area contributed by atoms with E-state index >= 15 is 0 Å². The number of rotatable bonds is 3. The Labute approximate surface area is 82.5 Å². The number of likely N-dealkylation sites (tertiary alicyclic amines) is 1. The molecule has 0 spiro atoms. The molecule has 2 N–H and O–H groups in total. The van der Waals surface area contributed by atoms with Crippen LogP contribution >= 0.6 is 0 Å². The lowest BCUT2D eigenvalue weighted by Crippen LogP contribution is -2.45. The zero-order valence-corrected chi connectivity index (χ0v) is 9.29. The van der Waals surface area contributed by atoms with Crippen molar-refractivity contribution >= 4 is 0 Å². The van der Waals surface area contributed by atoms with Gasteiger partial charge in [-0.25, -0.2) is 0 Å². The lowest BCUT2D eigenvalue weighted by Gasteiger charge is -2.38. The highest BCUT2D eigenvalue weighted by molar-refractivity contribution is 4.79. The highest BCUT2D eigenvalue weighted by atomic mass is 15.2. The SMILES string of the molecule is CC(N)CC(C)N1CCCCC1C. The first-order valence-corrected chi connectivity index (χ1v) is 5.62. The van der Waals surface area contributed by atoms with E-state index in [1.807, 2.05) is 0 Å². The molecule has 0 bridgehead atoms. The minimum Gasteiger partial charge on any atom is -0.328 e. The van der Waals surface area contributed by atoms with Crippen LogP contribution in [-0.4, -0.2) is 29.6 Å². The van der Waals surface area contributed by atoms with E-state index in [4.69, 9.17) is 5.73 Å². The summed E-state index contributed by atoms with van der Waals surface area (Å²) in [5.74, 6) is 0. The van der Waals surface area contributed by atoms with Crippen LogP contribution in [0, 0.1) is 0 Å². The Bertz CT molecular complexity index is 145. The Morgan fingerprint density at radius 3 is 2.62 bits per heavy atom. The highest BCUT2D eigenvalue weighted by Gasteiger charge is 2.23. The highest BCUT2D eigenvalue weighted by Crippen LogP contribution is 2.20. The van der Waals surface area contributed by atoms with Crippen LogP contribution in [-0.2, 0) is 0 Å². The van der Waals surface area contributed by atoms with Crippen molar-refractivity contribution in [2.45, 2.75) is 64.6 Å². The van der Waals surface area contributed by atoms with Gasteiger partial charge in [-0.05, 0) is 46.6 Å². The molecule has 1 fully saturated rings. The van der Waals surface area contributed by atoms with Crippen molar-refractivity contribution in [1.82, 2.24) is 4.90 Å².